The second-order valence-electron chi connectivity index (χ2n) is 4.86. The average Bonchev–Trinajstić information content (AvgIpc) is 3.03. The van der Waals surface area contributed by atoms with Crippen molar-refractivity contribution in [2.75, 3.05) is 23.5 Å². The fraction of sp³-hybridized carbons (Fsp3) is 0.545. The Labute approximate surface area is 110 Å². The molecule has 2 atom stereocenters. The zero-order chi connectivity index (χ0) is 13.4. The first kappa shape index (κ1) is 12.1. The van der Waals surface area contributed by atoms with Crippen LogP contribution >= 0.6 is 0 Å². The number of nitrogens with two attached hydrogens (primary N) is 1. The number of nitrogen functional groups attached to an aromatic ring is 1. The Morgan fingerprint density at radius 1 is 1.58 bits per heavy atom. The summed E-state index contributed by atoms with van der Waals surface area (Å²) in [6.45, 7) is 3.10. The van der Waals surface area contributed by atoms with E-state index in [4.69, 9.17) is 5.84 Å². The Balaban J connectivity index is 2.10. The Kier molecular flexibility index (Phi) is 2.96. The number of aromatic nitrogens is 4. The van der Waals surface area contributed by atoms with E-state index >= 15 is 0 Å². The SMILES string of the molecule is CC1CCN(c2nc(NN)nc3[nH]ncc23)C1CO. The summed E-state index contributed by atoms with van der Waals surface area (Å²) in [5.74, 6) is 6.92. The third-order valence-electron chi connectivity index (χ3n) is 3.76. The van der Waals surface area contributed by atoms with Gasteiger partial charge in [-0.25, -0.2) is 5.84 Å². The van der Waals surface area contributed by atoms with Gasteiger partial charge in [-0.3, -0.25) is 10.5 Å². The summed E-state index contributed by atoms with van der Waals surface area (Å²) in [4.78, 5) is 10.7. The van der Waals surface area contributed by atoms with Crippen molar-refractivity contribution in [1.29, 1.82) is 0 Å². The molecule has 1 aliphatic rings. The topological polar surface area (TPSA) is 116 Å². The standard InChI is InChI=1S/C11H17N7O/c1-6-2-3-18(8(6)5-19)10-7-4-13-17-9(7)14-11(15-10)16-12/h4,6,8,19H,2-3,5,12H2,1H3,(H2,13,14,15,16,17). The number of aromatic amines is 1. The minimum Gasteiger partial charge on any atom is -0.394 e. The van der Waals surface area contributed by atoms with Crippen LogP contribution in [0.25, 0.3) is 11.0 Å². The van der Waals surface area contributed by atoms with Crippen LogP contribution in [0.5, 0.6) is 0 Å². The maximum atomic E-state index is 9.57. The number of H-pyrrole nitrogens is 1. The van der Waals surface area contributed by atoms with Gasteiger partial charge in [-0.2, -0.15) is 15.1 Å². The van der Waals surface area contributed by atoms with Crippen LogP contribution in [0.1, 0.15) is 13.3 Å². The smallest absolute Gasteiger partial charge is 0.241 e. The summed E-state index contributed by atoms with van der Waals surface area (Å²) < 4.78 is 0. The van der Waals surface area contributed by atoms with E-state index in [1.165, 1.54) is 0 Å². The van der Waals surface area contributed by atoms with E-state index in [2.05, 4.69) is 37.4 Å². The van der Waals surface area contributed by atoms with Crippen molar-refractivity contribution < 1.29 is 5.11 Å². The van der Waals surface area contributed by atoms with Gasteiger partial charge in [0.05, 0.1) is 24.2 Å². The molecule has 5 N–H and O–H groups in total. The molecule has 0 radical (unpaired) electrons. The quantitative estimate of drug-likeness (QED) is 0.449. The molecular formula is C11H17N7O. The molecule has 2 unspecified atom stereocenters. The minimum absolute atomic E-state index is 0.0682. The molecule has 3 heterocycles. The van der Waals surface area contributed by atoms with Gasteiger partial charge in [-0.1, -0.05) is 6.92 Å². The van der Waals surface area contributed by atoms with Crippen LogP contribution in [-0.4, -0.2) is 44.5 Å². The van der Waals surface area contributed by atoms with Gasteiger partial charge in [0.15, 0.2) is 5.65 Å². The number of hydrogen-bond acceptors (Lipinski definition) is 7. The van der Waals surface area contributed by atoms with E-state index in [-0.39, 0.29) is 12.6 Å². The van der Waals surface area contributed by atoms with Crippen molar-refractivity contribution in [2.24, 2.45) is 11.8 Å². The minimum atomic E-state index is 0.0682. The number of anilines is 2. The van der Waals surface area contributed by atoms with Crippen molar-refractivity contribution in [1.82, 2.24) is 20.2 Å². The lowest BCUT2D eigenvalue weighted by atomic mass is 10.0. The van der Waals surface area contributed by atoms with Crippen molar-refractivity contribution in [3.8, 4) is 0 Å². The molecule has 0 amide bonds. The Bertz CT molecular complexity index is 583. The number of rotatable bonds is 3. The lowest BCUT2D eigenvalue weighted by molar-refractivity contribution is 0.244. The zero-order valence-corrected chi connectivity index (χ0v) is 10.7. The second-order valence-corrected chi connectivity index (χ2v) is 4.86. The molecule has 1 fully saturated rings. The Morgan fingerprint density at radius 2 is 2.42 bits per heavy atom. The van der Waals surface area contributed by atoms with Gasteiger partial charge in [-0.15, -0.1) is 0 Å². The first-order valence-electron chi connectivity index (χ1n) is 6.30. The van der Waals surface area contributed by atoms with Crippen LogP contribution in [0.3, 0.4) is 0 Å². The lowest BCUT2D eigenvalue weighted by Gasteiger charge is -2.26. The third kappa shape index (κ3) is 1.89. The number of nitrogens with one attached hydrogen (secondary N) is 2. The van der Waals surface area contributed by atoms with E-state index in [1.54, 1.807) is 6.20 Å². The zero-order valence-electron chi connectivity index (χ0n) is 10.7. The molecular weight excluding hydrogens is 246 g/mol. The number of aliphatic hydroxyl groups is 1. The molecule has 0 aromatic carbocycles. The van der Waals surface area contributed by atoms with Crippen LogP contribution in [0.4, 0.5) is 11.8 Å². The van der Waals surface area contributed by atoms with Crippen molar-refractivity contribution >= 4 is 22.8 Å². The number of fused-ring (bicyclic) bond motifs is 1. The molecule has 8 nitrogen and oxygen atoms in total. The van der Waals surface area contributed by atoms with Gasteiger partial charge >= 0.3 is 0 Å². The van der Waals surface area contributed by atoms with Crippen LogP contribution in [0.2, 0.25) is 0 Å². The highest BCUT2D eigenvalue weighted by Gasteiger charge is 2.33. The monoisotopic (exact) mass is 263 g/mol. The Morgan fingerprint density at radius 3 is 3.16 bits per heavy atom. The highest BCUT2D eigenvalue weighted by atomic mass is 16.3. The van der Waals surface area contributed by atoms with Gasteiger partial charge < -0.3 is 10.0 Å². The van der Waals surface area contributed by atoms with Crippen molar-refractivity contribution in [3.63, 3.8) is 0 Å². The van der Waals surface area contributed by atoms with Crippen LogP contribution in [-0.2, 0) is 0 Å². The molecule has 0 bridgehead atoms. The van der Waals surface area contributed by atoms with Crippen molar-refractivity contribution in [2.45, 2.75) is 19.4 Å². The van der Waals surface area contributed by atoms with Gasteiger partial charge in [0.1, 0.15) is 5.82 Å². The first-order valence-corrected chi connectivity index (χ1v) is 6.30. The fourth-order valence-electron chi connectivity index (χ4n) is 2.65. The van der Waals surface area contributed by atoms with Gasteiger partial charge in [0.2, 0.25) is 5.95 Å². The molecule has 102 valence electrons. The second kappa shape index (κ2) is 4.63. The van der Waals surface area contributed by atoms with Crippen LogP contribution in [0, 0.1) is 5.92 Å². The molecule has 0 saturated carbocycles. The highest BCUT2D eigenvalue weighted by Crippen LogP contribution is 2.32. The number of hydrogen-bond donors (Lipinski definition) is 4. The summed E-state index contributed by atoms with van der Waals surface area (Å²) in [7, 11) is 0. The average molecular weight is 263 g/mol. The molecule has 1 saturated heterocycles. The largest absolute Gasteiger partial charge is 0.394 e. The number of aliphatic hydroxyl groups excluding tert-OH is 1. The summed E-state index contributed by atoms with van der Waals surface area (Å²) >= 11 is 0. The lowest BCUT2D eigenvalue weighted by Crippen LogP contribution is -2.36. The molecule has 2 aromatic heterocycles. The molecule has 19 heavy (non-hydrogen) atoms. The molecule has 8 heteroatoms. The molecule has 0 spiro atoms. The molecule has 2 aromatic rings. The molecule has 0 aliphatic carbocycles. The molecule has 3 rings (SSSR count). The maximum absolute atomic E-state index is 9.57. The van der Waals surface area contributed by atoms with Crippen LogP contribution in [0.15, 0.2) is 6.20 Å². The van der Waals surface area contributed by atoms with Gasteiger partial charge in [-0.05, 0) is 12.3 Å². The fourth-order valence-corrected chi connectivity index (χ4v) is 2.65. The van der Waals surface area contributed by atoms with E-state index in [0.29, 0.717) is 17.5 Å². The van der Waals surface area contributed by atoms with E-state index in [9.17, 15) is 5.11 Å². The predicted octanol–water partition coefficient (Wildman–Crippen LogP) is -0.154. The summed E-state index contributed by atoms with van der Waals surface area (Å²) in [5.41, 5.74) is 3.09. The highest BCUT2D eigenvalue weighted by molar-refractivity contribution is 5.87. The van der Waals surface area contributed by atoms with Gasteiger partial charge in [0, 0.05) is 6.54 Å². The van der Waals surface area contributed by atoms with E-state index in [1.807, 2.05) is 0 Å². The summed E-state index contributed by atoms with van der Waals surface area (Å²) in [5, 5.41) is 17.2. The van der Waals surface area contributed by atoms with Crippen molar-refractivity contribution in [3.05, 3.63) is 6.20 Å². The van der Waals surface area contributed by atoms with Crippen LogP contribution < -0.4 is 16.2 Å². The number of nitrogens with zero attached hydrogens (tertiary/aromatic N) is 4. The molecule has 1 aliphatic heterocycles. The first-order chi connectivity index (χ1) is 9.24. The summed E-state index contributed by atoms with van der Waals surface area (Å²) in [6.07, 6.45) is 2.72. The number of hydrazine groups is 1. The Hall–Kier alpha value is -1.93. The third-order valence-corrected chi connectivity index (χ3v) is 3.76. The normalized spacial score (nSPS) is 23.2. The summed E-state index contributed by atoms with van der Waals surface area (Å²) in [6, 6.07) is 0.0682. The van der Waals surface area contributed by atoms with E-state index < -0.39 is 0 Å². The maximum Gasteiger partial charge on any atom is 0.241 e. The van der Waals surface area contributed by atoms with E-state index in [0.717, 1.165) is 24.2 Å². The predicted molar refractivity (Wildman–Crippen MR) is 71.5 cm³/mol. The van der Waals surface area contributed by atoms with Gasteiger partial charge in [0.25, 0.3) is 0 Å².